The number of rotatable bonds is 8. The zero-order valence-corrected chi connectivity index (χ0v) is 20.7. The fraction of sp³-hybridized carbons (Fsp3) is 0.346. The molecular weight excluding hydrogens is 482 g/mol. The van der Waals surface area contributed by atoms with Gasteiger partial charge >= 0.3 is 0 Å². The van der Waals surface area contributed by atoms with Gasteiger partial charge in [-0.05, 0) is 48.7 Å². The molecule has 0 saturated carbocycles. The van der Waals surface area contributed by atoms with Crippen LogP contribution in [-0.4, -0.2) is 72.2 Å². The second kappa shape index (κ2) is 11.0. The van der Waals surface area contributed by atoms with E-state index in [2.05, 4.69) is 30.0 Å². The average molecular weight is 511 g/mol. The summed E-state index contributed by atoms with van der Waals surface area (Å²) in [4.78, 5) is 13.3. The topological polar surface area (TPSA) is 81.2 Å². The van der Waals surface area contributed by atoms with Crippen LogP contribution >= 0.6 is 11.8 Å². The van der Waals surface area contributed by atoms with E-state index in [0.29, 0.717) is 18.7 Å². The molecule has 0 spiro atoms. The molecule has 1 aliphatic rings. The van der Waals surface area contributed by atoms with E-state index in [1.54, 1.807) is 13.1 Å². The minimum Gasteiger partial charge on any atom is -0.391 e. The number of aliphatic hydroxyl groups is 1. The number of halogens is 2. The largest absolute Gasteiger partial charge is 0.391 e. The number of H-pyrrole nitrogens is 1. The number of aliphatic hydroxyl groups excluding tert-OH is 1. The van der Waals surface area contributed by atoms with E-state index in [0.717, 1.165) is 41.0 Å². The number of hydrogen-bond acceptors (Lipinski definition) is 7. The van der Waals surface area contributed by atoms with Gasteiger partial charge in [-0.3, -0.25) is 14.9 Å². The van der Waals surface area contributed by atoms with Crippen LogP contribution in [0.15, 0.2) is 66.1 Å². The van der Waals surface area contributed by atoms with Crippen molar-refractivity contribution < 1.29 is 13.9 Å². The first-order chi connectivity index (χ1) is 17.5. The molecule has 4 aromatic rings. The van der Waals surface area contributed by atoms with Crippen molar-refractivity contribution in [2.75, 3.05) is 19.6 Å². The SMILES string of the molecule is CC(O)C(Sc1ncnc2[nH]ncc12)N1CCN(Cc2ccc(F)cc2)C(Cc2ccc(F)cc2)C1. The Balaban J connectivity index is 1.37. The molecule has 3 heterocycles. The van der Waals surface area contributed by atoms with Gasteiger partial charge in [-0.25, -0.2) is 18.7 Å². The minimum atomic E-state index is -0.609. The molecule has 2 N–H and O–H groups in total. The Hall–Kier alpha value is -2.92. The predicted molar refractivity (Wildman–Crippen MR) is 135 cm³/mol. The molecule has 2 aromatic carbocycles. The normalized spacial score (nSPS) is 18.9. The van der Waals surface area contributed by atoms with Gasteiger partial charge in [0.15, 0.2) is 5.65 Å². The number of benzene rings is 2. The summed E-state index contributed by atoms with van der Waals surface area (Å²) >= 11 is 1.51. The van der Waals surface area contributed by atoms with E-state index in [9.17, 15) is 13.9 Å². The maximum absolute atomic E-state index is 13.5. The highest BCUT2D eigenvalue weighted by Gasteiger charge is 2.34. The zero-order valence-electron chi connectivity index (χ0n) is 19.9. The Morgan fingerprint density at radius 2 is 1.72 bits per heavy atom. The van der Waals surface area contributed by atoms with E-state index in [1.165, 1.54) is 42.4 Å². The first kappa shape index (κ1) is 24.8. The number of piperazine rings is 1. The predicted octanol–water partition coefficient (Wildman–Crippen LogP) is 3.86. The molecule has 3 unspecified atom stereocenters. The first-order valence-electron chi connectivity index (χ1n) is 11.9. The van der Waals surface area contributed by atoms with E-state index in [4.69, 9.17) is 0 Å². The van der Waals surface area contributed by atoms with Crippen molar-refractivity contribution in [3.63, 3.8) is 0 Å². The highest BCUT2D eigenvalue weighted by atomic mass is 32.2. The van der Waals surface area contributed by atoms with Gasteiger partial charge in [0, 0.05) is 32.2 Å². The Bertz CT molecular complexity index is 1280. The van der Waals surface area contributed by atoms with Crippen LogP contribution in [0.25, 0.3) is 11.0 Å². The highest BCUT2D eigenvalue weighted by Crippen LogP contribution is 2.32. The standard InChI is InChI=1S/C26H28F2N6OS/c1-17(35)26(36-25-23-13-31-32-24(23)29-16-30-25)34-11-10-33(14-19-4-8-21(28)9-5-19)22(15-34)12-18-2-6-20(27)7-3-18/h2-9,13,16-17,22,26,35H,10-12,14-15H2,1H3,(H,29,30,31,32). The van der Waals surface area contributed by atoms with Gasteiger partial charge in [0.1, 0.15) is 23.0 Å². The zero-order chi connectivity index (χ0) is 25.1. The third-order valence-corrected chi connectivity index (χ3v) is 8.02. The molecule has 7 nitrogen and oxygen atoms in total. The van der Waals surface area contributed by atoms with Crippen LogP contribution in [0.3, 0.4) is 0 Å². The molecule has 36 heavy (non-hydrogen) atoms. The molecule has 1 aliphatic heterocycles. The highest BCUT2D eigenvalue weighted by molar-refractivity contribution is 8.00. The summed E-state index contributed by atoms with van der Waals surface area (Å²) in [5.41, 5.74) is 2.75. The number of nitrogens with one attached hydrogen (secondary N) is 1. The van der Waals surface area contributed by atoms with Gasteiger partial charge in [0.2, 0.25) is 0 Å². The number of hydrogen-bond donors (Lipinski definition) is 2. The van der Waals surface area contributed by atoms with Crippen LogP contribution in [-0.2, 0) is 13.0 Å². The second-order valence-electron chi connectivity index (χ2n) is 9.14. The molecule has 188 valence electrons. The van der Waals surface area contributed by atoms with Crippen LogP contribution in [0, 0.1) is 11.6 Å². The summed E-state index contributed by atoms with van der Waals surface area (Å²) in [7, 11) is 0. The lowest BCUT2D eigenvalue weighted by atomic mass is 10.0. The number of thioether (sulfide) groups is 1. The maximum atomic E-state index is 13.5. The van der Waals surface area contributed by atoms with Crippen molar-refractivity contribution in [1.82, 2.24) is 30.0 Å². The van der Waals surface area contributed by atoms with Crippen molar-refractivity contribution >= 4 is 22.8 Å². The monoisotopic (exact) mass is 510 g/mol. The Labute approximate surface area is 212 Å². The Kier molecular flexibility index (Phi) is 7.56. The molecule has 10 heteroatoms. The summed E-state index contributed by atoms with van der Waals surface area (Å²) in [6, 6.07) is 13.3. The van der Waals surface area contributed by atoms with Crippen molar-refractivity contribution in [1.29, 1.82) is 0 Å². The summed E-state index contributed by atoms with van der Waals surface area (Å²) in [5.74, 6) is -0.507. The average Bonchev–Trinajstić information content (AvgIpc) is 3.36. The van der Waals surface area contributed by atoms with Gasteiger partial charge in [0.25, 0.3) is 0 Å². The van der Waals surface area contributed by atoms with Crippen molar-refractivity contribution in [3.8, 4) is 0 Å². The Morgan fingerprint density at radius 3 is 2.42 bits per heavy atom. The number of fused-ring (bicyclic) bond motifs is 1. The fourth-order valence-corrected chi connectivity index (χ4v) is 5.85. The smallest absolute Gasteiger partial charge is 0.159 e. The Morgan fingerprint density at radius 1 is 1.03 bits per heavy atom. The van der Waals surface area contributed by atoms with Gasteiger partial charge in [-0.2, -0.15) is 5.10 Å². The quantitative estimate of drug-likeness (QED) is 0.275. The van der Waals surface area contributed by atoms with Crippen LogP contribution in [0.2, 0.25) is 0 Å². The van der Waals surface area contributed by atoms with Crippen LogP contribution in [0.5, 0.6) is 0 Å². The van der Waals surface area contributed by atoms with Crippen LogP contribution in [0.4, 0.5) is 8.78 Å². The van der Waals surface area contributed by atoms with Gasteiger partial charge < -0.3 is 5.11 Å². The third-order valence-electron chi connectivity index (χ3n) is 6.54. The molecule has 5 rings (SSSR count). The van der Waals surface area contributed by atoms with Crippen molar-refractivity contribution in [2.45, 2.75) is 42.4 Å². The fourth-order valence-electron chi connectivity index (χ4n) is 4.70. The summed E-state index contributed by atoms with van der Waals surface area (Å²) < 4.78 is 27.0. The minimum absolute atomic E-state index is 0.121. The number of nitrogens with zero attached hydrogens (tertiary/aromatic N) is 5. The molecule has 0 aliphatic carbocycles. The molecule has 0 amide bonds. The maximum Gasteiger partial charge on any atom is 0.159 e. The second-order valence-corrected chi connectivity index (χ2v) is 10.2. The molecule has 1 saturated heterocycles. The third kappa shape index (κ3) is 5.73. The van der Waals surface area contributed by atoms with Crippen LogP contribution in [0.1, 0.15) is 18.1 Å². The summed E-state index contributed by atoms with van der Waals surface area (Å²) in [5, 5.41) is 19.1. The lowest BCUT2D eigenvalue weighted by Crippen LogP contribution is -2.57. The first-order valence-corrected chi connectivity index (χ1v) is 12.8. The van der Waals surface area contributed by atoms with Crippen LogP contribution < -0.4 is 0 Å². The molecular formula is C26H28F2N6OS. The van der Waals surface area contributed by atoms with E-state index in [1.807, 2.05) is 24.3 Å². The summed E-state index contributed by atoms with van der Waals surface area (Å²) in [6.45, 7) is 4.72. The van der Waals surface area contributed by atoms with E-state index in [-0.39, 0.29) is 23.1 Å². The molecule has 2 aromatic heterocycles. The number of aromatic amines is 1. The van der Waals surface area contributed by atoms with E-state index < -0.39 is 6.10 Å². The van der Waals surface area contributed by atoms with Crippen molar-refractivity contribution in [3.05, 3.63) is 83.8 Å². The van der Waals surface area contributed by atoms with Gasteiger partial charge in [-0.15, -0.1) is 0 Å². The summed E-state index contributed by atoms with van der Waals surface area (Å²) in [6.07, 6.45) is 3.32. The molecule has 0 radical (unpaired) electrons. The van der Waals surface area contributed by atoms with Gasteiger partial charge in [-0.1, -0.05) is 36.0 Å². The van der Waals surface area contributed by atoms with Crippen molar-refractivity contribution in [2.24, 2.45) is 0 Å². The lowest BCUT2D eigenvalue weighted by Gasteiger charge is -2.45. The molecule has 1 fully saturated rings. The van der Waals surface area contributed by atoms with Gasteiger partial charge in [0.05, 0.1) is 23.1 Å². The van der Waals surface area contributed by atoms with E-state index >= 15 is 0 Å². The lowest BCUT2D eigenvalue weighted by molar-refractivity contribution is 0.0291. The molecule has 3 atom stereocenters. The number of aromatic nitrogens is 4. The molecule has 0 bridgehead atoms.